The van der Waals surface area contributed by atoms with Crippen molar-refractivity contribution in [1.29, 1.82) is 0 Å². The lowest BCUT2D eigenvalue weighted by atomic mass is 10.00. The molecular formula is C16H18F3NO2. The zero-order chi connectivity index (χ0) is 16.5. The van der Waals surface area contributed by atoms with Crippen LogP contribution in [0.2, 0.25) is 0 Å². The van der Waals surface area contributed by atoms with E-state index in [4.69, 9.17) is 9.52 Å². The SMILES string of the molecule is Cc1cc(C)c(-c2nc(CCCO)c(C(F)(F)F)o2)c(C)c1. The molecule has 1 aromatic heterocycles. The molecule has 1 heterocycles. The van der Waals surface area contributed by atoms with Crippen molar-refractivity contribution < 1.29 is 22.7 Å². The van der Waals surface area contributed by atoms with Gasteiger partial charge in [0.25, 0.3) is 0 Å². The molecule has 0 fully saturated rings. The second kappa shape index (κ2) is 6.12. The molecule has 120 valence electrons. The fourth-order valence-electron chi connectivity index (χ4n) is 2.61. The highest BCUT2D eigenvalue weighted by Gasteiger charge is 2.39. The van der Waals surface area contributed by atoms with Crippen molar-refractivity contribution >= 4 is 0 Å². The van der Waals surface area contributed by atoms with Crippen LogP contribution in [-0.2, 0) is 12.6 Å². The number of aromatic nitrogens is 1. The number of aryl methyl sites for hydroxylation is 4. The molecule has 6 heteroatoms. The standard InChI is InChI=1S/C16H18F3NO2/c1-9-7-10(2)13(11(3)8-9)15-20-12(5-4-6-21)14(22-15)16(17,18)19/h7-8,21H,4-6H2,1-3H3. The largest absolute Gasteiger partial charge is 0.451 e. The molecule has 0 atom stereocenters. The normalized spacial score (nSPS) is 12.0. The summed E-state index contributed by atoms with van der Waals surface area (Å²) in [5, 5.41) is 8.82. The average Bonchev–Trinajstić information content (AvgIpc) is 2.79. The summed E-state index contributed by atoms with van der Waals surface area (Å²) in [4.78, 5) is 4.04. The third kappa shape index (κ3) is 3.32. The summed E-state index contributed by atoms with van der Waals surface area (Å²) in [5.74, 6) is -1.09. The number of hydrogen-bond acceptors (Lipinski definition) is 3. The van der Waals surface area contributed by atoms with E-state index in [0.29, 0.717) is 5.56 Å². The van der Waals surface area contributed by atoms with E-state index in [-0.39, 0.29) is 31.0 Å². The Morgan fingerprint density at radius 2 is 1.73 bits per heavy atom. The van der Waals surface area contributed by atoms with Gasteiger partial charge in [0.15, 0.2) is 0 Å². The third-order valence-electron chi connectivity index (χ3n) is 3.42. The summed E-state index contributed by atoms with van der Waals surface area (Å²) in [6.07, 6.45) is -4.36. The number of aliphatic hydroxyl groups excluding tert-OH is 1. The number of nitrogens with zero attached hydrogens (tertiary/aromatic N) is 1. The number of oxazole rings is 1. The lowest BCUT2D eigenvalue weighted by molar-refractivity contribution is -0.153. The van der Waals surface area contributed by atoms with Crippen molar-refractivity contribution in [3.05, 3.63) is 40.3 Å². The van der Waals surface area contributed by atoms with E-state index >= 15 is 0 Å². The van der Waals surface area contributed by atoms with Gasteiger partial charge in [0.05, 0.1) is 5.69 Å². The highest BCUT2D eigenvalue weighted by Crippen LogP contribution is 2.37. The second-order valence-electron chi connectivity index (χ2n) is 5.39. The van der Waals surface area contributed by atoms with E-state index in [0.717, 1.165) is 16.7 Å². The van der Waals surface area contributed by atoms with Crippen LogP contribution in [0.25, 0.3) is 11.5 Å². The van der Waals surface area contributed by atoms with Crippen LogP contribution in [0.15, 0.2) is 16.5 Å². The van der Waals surface area contributed by atoms with E-state index in [1.165, 1.54) is 0 Å². The van der Waals surface area contributed by atoms with Crippen molar-refractivity contribution in [3.63, 3.8) is 0 Å². The Labute approximate surface area is 126 Å². The first-order valence-electron chi connectivity index (χ1n) is 7.00. The monoisotopic (exact) mass is 313 g/mol. The van der Waals surface area contributed by atoms with E-state index in [1.807, 2.05) is 32.9 Å². The molecular weight excluding hydrogens is 295 g/mol. The van der Waals surface area contributed by atoms with Gasteiger partial charge in [0.2, 0.25) is 11.7 Å². The predicted octanol–water partition coefficient (Wildman–Crippen LogP) is 4.21. The molecule has 1 N–H and O–H groups in total. The summed E-state index contributed by atoms with van der Waals surface area (Å²) < 4.78 is 44.3. The van der Waals surface area contributed by atoms with Gasteiger partial charge in [-0.15, -0.1) is 0 Å². The van der Waals surface area contributed by atoms with Gasteiger partial charge < -0.3 is 9.52 Å². The molecule has 0 unspecified atom stereocenters. The molecule has 2 aromatic rings. The molecule has 0 radical (unpaired) electrons. The van der Waals surface area contributed by atoms with Crippen LogP contribution in [-0.4, -0.2) is 16.7 Å². The first-order chi connectivity index (χ1) is 10.2. The lowest BCUT2D eigenvalue weighted by Gasteiger charge is -2.07. The van der Waals surface area contributed by atoms with Gasteiger partial charge in [0, 0.05) is 12.2 Å². The maximum Gasteiger partial charge on any atom is 0.451 e. The Balaban J connectivity index is 2.56. The molecule has 0 aliphatic rings. The minimum atomic E-state index is -4.59. The van der Waals surface area contributed by atoms with E-state index in [1.54, 1.807) is 0 Å². The predicted molar refractivity (Wildman–Crippen MR) is 76.6 cm³/mol. The van der Waals surface area contributed by atoms with Crippen LogP contribution in [0.3, 0.4) is 0 Å². The molecule has 0 bridgehead atoms. The molecule has 0 aliphatic heterocycles. The van der Waals surface area contributed by atoms with Crippen LogP contribution < -0.4 is 0 Å². The minimum Gasteiger partial charge on any atom is -0.431 e. The van der Waals surface area contributed by atoms with Crippen molar-refractivity contribution in [2.45, 2.75) is 39.8 Å². The topological polar surface area (TPSA) is 46.3 Å². The molecule has 2 rings (SSSR count). The number of hydrogen-bond donors (Lipinski definition) is 1. The van der Waals surface area contributed by atoms with Gasteiger partial charge in [-0.1, -0.05) is 17.7 Å². The van der Waals surface area contributed by atoms with Crippen molar-refractivity contribution in [3.8, 4) is 11.5 Å². The Kier molecular flexibility index (Phi) is 4.60. The summed E-state index contributed by atoms with van der Waals surface area (Å²) in [5.41, 5.74) is 3.10. The summed E-state index contributed by atoms with van der Waals surface area (Å²) >= 11 is 0. The summed E-state index contributed by atoms with van der Waals surface area (Å²) in [7, 11) is 0. The minimum absolute atomic E-state index is 0.0183. The van der Waals surface area contributed by atoms with Gasteiger partial charge >= 0.3 is 6.18 Å². The maximum absolute atomic E-state index is 13.1. The zero-order valence-corrected chi connectivity index (χ0v) is 12.7. The fraction of sp³-hybridized carbons (Fsp3) is 0.438. The Morgan fingerprint density at radius 3 is 2.23 bits per heavy atom. The number of halogens is 3. The van der Waals surface area contributed by atoms with Gasteiger partial charge in [-0.25, -0.2) is 4.98 Å². The van der Waals surface area contributed by atoms with Crippen molar-refractivity contribution in [2.75, 3.05) is 6.61 Å². The molecule has 1 aromatic carbocycles. The highest BCUT2D eigenvalue weighted by molar-refractivity contribution is 5.64. The van der Waals surface area contributed by atoms with Gasteiger partial charge in [-0.2, -0.15) is 13.2 Å². The molecule has 22 heavy (non-hydrogen) atoms. The van der Waals surface area contributed by atoms with E-state index in [2.05, 4.69) is 4.98 Å². The first-order valence-corrected chi connectivity index (χ1v) is 7.00. The molecule has 0 saturated heterocycles. The van der Waals surface area contributed by atoms with Gasteiger partial charge in [0.1, 0.15) is 0 Å². The van der Waals surface area contributed by atoms with Crippen LogP contribution in [0.4, 0.5) is 13.2 Å². The van der Waals surface area contributed by atoms with Gasteiger partial charge in [-0.05, 0) is 44.7 Å². The third-order valence-corrected chi connectivity index (χ3v) is 3.42. The van der Waals surface area contributed by atoms with Crippen LogP contribution >= 0.6 is 0 Å². The van der Waals surface area contributed by atoms with Crippen LogP contribution in [0, 0.1) is 20.8 Å². The molecule has 0 saturated carbocycles. The van der Waals surface area contributed by atoms with E-state index in [9.17, 15) is 13.2 Å². The summed E-state index contributed by atoms with van der Waals surface area (Å²) in [6.45, 7) is 5.37. The van der Waals surface area contributed by atoms with Crippen molar-refractivity contribution in [2.24, 2.45) is 0 Å². The number of alkyl halides is 3. The average molecular weight is 313 g/mol. The smallest absolute Gasteiger partial charge is 0.431 e. The molecule has 0 spiro atoms. The van der Waals surface area contributed by atoms with E-state index < -0.39 is 11.9 Å². The maximum atomic E-state index is 13.1. The molecule has 0 amide bonds. The fourth-order valence-corrected chi connectivity index (χ4v) is 2.61. The van der Waals surface area contributed by atoms with Crippen LogP contribution in [0.5, 0.6) is 0 Å². The Hall–Kier alpha value is -1.82. The summed E-state index contributed by atoms with van der Waals surface area (Å²) in [6, 6.07) is 3.76. The number of benzene rings is 1. The quantitative estimate of drug-likeness (QED) is 0.919. The Morgan fingerprint density at radius 1 is 1.14 bits per heavy atom. The van der Waals surface area contributed by atoms with Crippen LogP contribution in [0.1, 0.15) is 34.6 Å². The number of aliphatic hydroxyl groups is 1. The zero-order valence-electron chi connectivity index (χ0n) is 12.7. The Bertz CT molecular complexity index is 652. The van der Waals surface area contributed by atoms with Crippen molar-refractivity contribution in [1.82, 2.24) is 4.98 Å². The first kappa shape index (κ1) is 16.5. The lowest BCUT2D eigenvalue weighted by Crippen LogP contribution is -2.07. The van der Waals surface area contributed by atoms with Gasteiger partial charge in [-0.3, -0.25) is 0 Å². The second-order valence-corrected chi connectivity index (χ2v) is 5.39. The molecule has 3 nitrogen and oxygen atoms in total. The highest BCUT2D eigenvalue weighted by atomic mass is 19.4. The number of rotatable bonds is 4. The molecule has 0 aliphatic carbocycles.